The molecule has 0 amide bonds. The Bertz CT molecular complexity index is 311. The minimum absolute atomic E-state index is 0.0787. The topological polar surface area (TPSA) is 40.9 Å². The SMILES string of the molecule is CC(=O)C(=N)c1ccc(C)cc1. The van der Waals surface area contributed by atoms with Gasteiger partial charge in [0.25, 0.3) is 0 Å². The first-order chi connectivity index (χ1) is 5.61. The van der Waals surface area contributed by atoms with E-state index < -0.39 is 0 Å². The highest BCUT2D eigenvalue weighted by Gasteiger charge is 2.04. The van der Waals surface area contributed by atoms with Gasteiger partial charge in [0.1, 0.15) is 5.71 Å². The number of Topliss-reactive ketones (excluding diaryl/α,β-unsaturated/α-hetero) is 1. The molecule has 0 unspecified atom stereocenters. The van der Waals surface area contributed by atoms with Gasteiger partial charge in [0.2, 0.25) is 0 Å². The van der Waals surface area contributed by atoms with Crippen LogP contribution in [0.2, 0.25) is 0 Å². The second-order valence-corrected chi connectivity index (χ2v) is 2.80. The summed E-state index contributed by atoms with van der Waals surface area (Å²) in [6, 6.07) is 7.37. The zero-order chi connectivity index (χ0) is 9.14. The van der Waals surface area contributed by atoms with E-state index in [0.29, 0.717) is 5.56 Å². The minimum Gasteiger partial charge on any atom is -0.297 e. The summed E-state index contributed by atoms with van der Waals surface area (Å²) in [5.41, 5.74) is 1.90. The molecular weight excluding hydrogens is 150 g/mol. The smallest absolute Gasteiger partial charge is 0.177 e. The Labute approximate surface area is 71.7 Å². The van der Waals surface area contributed by atoms with Crippen LogP contribution in [0.1, 0.15) is 18.1 Å². The summed E-state index contributed by atoms with van der Waals surface area (Å²) in [4.78, 5) is 10.8. The summed E-state index contributed by atoms with van der Waals surface area (Å²) in [6.07, 6.45) is 0. The van der Waals surface area contributed by atoms with Gasteiger partial charge >= 0.3 is 0 Å². The molecule has 0 radical (unpaired) electrons. The molecule has 0 aliphatic heterocycles. The minimum atomic E-state index is -0.196. The van der Waals surface area contributed by atoms with E-state index in [1.807, 2.05) is 19.1 Å². The summed E-state index contributed by atoms with van der Waals surface area (Å²) in [5.74, 6) is -0.196. The van der Waals surface area contributed by atoms with Crippen molar-refractivity contribution in [2.45, 2.75) is 13.8 Å². The number of hydrogen-bond acceptors (Lipinski definition) is 2. The van der Waals surface area contributed by atoms with Crippen LogP contribution in [0.5, 0.6) is 0 Å². The normalized spacial score (nSPS) is 9.50. The molecule has 0 aromatic heterocycles. The molecule has 0 saturated carbocycles. The van der Waals surface area contributed by atoms with Gasteiger partial charge in [0.15, 0.2) is 5.78 Å². The van der Waals surface area contributed by atoms with Crippen LogP contribution in [0.3, 0.4) is 0 Å². The first-order valence-electron chi connectivity index (χ1n) is 3.78. The maximum atomic E-state index is 10.8. The second kappa shape index (κ2) is 3.30. The van der Waals surface area contributed by atoms with Crippen molar-refractivity contribution in [3.63, 3.8) is 0 Å². The number of aryl methyl sites for hydroxylation is 1. The van der Waals surface area contributed by atoms with Crippen molar-refractivity contribution in [3.05, 3.63) is 35.4 Å². The van der Waals surface area contributed by atoms with E-state index in [1.54, 1.807) is 12.1 Å². The van der Waals surface area contributed by atoms with Gasteiger partial charge < -0.3 is 0 Å². The first-order valence-corrected chi connectivity index (χ1v) is 3.78. The lowest BCUT2D eigenvalue weighted by Crippen LogP contribution is -2.09. The fraction of sp³-hybridized carbons (Fsp3) is 0.200. The van der Waals surface area contributed by atoms with Crippen LogP contribution in [0.4, 0.5) is 0 Å². The van der Waals surface area contributed by atoms with Gasteiger partial charge in [-0.1, -0.05) is 29.8 Å². The number of hydrogen-bond donors (Lipinski definition) is 1. The maximum absolute atomic E-state index is 10.8. The van der Waals surface area contributed by atoms with Gasteiger partial charge in [0, 0.05) is 12.5 Å². The summed E-state index contributed by atoms with van der Waals surface area (Å²) in [6.45, 7) is 3.38. The monoisotopic (exact) mass is 161 g/mol. The molecule has 0 heterocycles. The van der Waals surface area contributed by atoms with Crippen molar-refractivity contribution >= 4 is 11.5 Å². The fourth-order valence-corrected chi connectivity index (χ4v) is 0.923. The average Bonchev–Trinajstić information content (AvgIpc) is 2.04. The van der Waals surface area contributed by atoms with Crippen molar-refractivity contribution in [1.29, 1.82) is 5.41 Å². The third-order valence-electron chi connectivity index (χ3n) is 1.69. The van der Waals surface area contributed by atoms with E-state index >= 15 is 0 Å². The average molecular weight is 161 g/mol. The summed E-state index contributed by atoms with van der Waals surface area (Å²) in [7, 11) is 0. The lowest BCUT2D eigenvalue weighted by molar-refractivity contribution is -0.111. The zero-order valence-corrected chi connectivity index (χ0v) is 7.22. The van der Waals surface area contributed by atoms with Gasteiger partial charge in [-0.2, -0.15) is 0 Å². The van der Waals surface area contributed by atoms with Crippen molar-refractivity contribution in [1.82, 2.24) is 0 Å². The largest absolute Gasteiger partial charge is 0.297 e. The van der Waals surface area contributed by atoms with E-state index in [-0.39, 0.29) is 11.5 Å². The van der Waals surface area contributed by atoms with Crippen LogP contribution < -0.4 is 0 Å². The lowest BCUT2D eigenvalue weighted by atomic mass is 10.1. The van der Waals surface area contributed by atoms with Crippen molar-refractivity contribution in [3.8, 4) is 0 Å². The third-order valence-corrected chi connectivity index (χ3v) is 1.69. The Balaban J connectivity index is 2.98. The number of ketones is 1. The number of rotatable bonds is 2. The third kappa shape index (κ3) is 1.78. The quantitative estimate of drug-likeness (QED) is 0.662. The van der Waals surface area contributed by atoms with E-state index in [0.717, 1.165) is 5.56 Å². The highest BCUT2D eigenvalue weighted by atomic mass is 16.1. The van der Waals surface area contributed by atoms with E-state index in [4.69, 9.17) is 5.41 Å². The van der Waals surface area contributed by atoms with E-state index in [9.17, 15) is 4.79 Å². The number of carbonyl (C=O) groups is 1. The Hall–Kier alpha value is -1.44. The van der Waals surface area contributed by atoms with Crippen molar-refractivity contribution in [2.75, 3.05) is 0 Å². The summed E-state index contributed by atoms with van der Waals surface area (Å²) < 4.78 is 0. The van der Waals surface area contributed by atoms with Crippen molar-refractivity contribution < 1.29 is 4.79 Å². The van der Waals surface area contributed by atoms with Gasteiger partial charge in [-0.15, -0.1) is 0 Å². The van der Waals surface area contributed by atoms with Gasteiger partial charge in [0.05, 0.1) is 0 Å². The molecule has 0 aliphatic rings. The van der Waals surface area contributed by atoms with Crippen molar-refractivity contribution in [2.24, 2.45) is 0 Å². The van der Waals surface area contributed by atoms with Gasteiger partial charge in [-0.25, -0.2) is 0 Å². The maximum Gasteiger partial charge on any atom is 0.177 e. The molecule has 1 rings (SSSR count). The predicted molar refractivity (Wildman–Crippen MR) is 48.7 cm³/mol. The molecule has 0 bridgehead atoms. The number of benzene rings is 1. The molecule has 1 aromatic rings. The van der Waals surface area contributed by atoms with Gasteiger partial charge in [-0.05, 0) is 6.92 Å². The highest BCUT2D eigenvalue weighted by molar-refractivity contribution is 6.44. The highest BCUT2D eigenvalue weighted by Crippen LogP contribution is 2.03. The lowest BCUT2D eigenvalue weighted by Gasteiger charge is -1.99. The fourth-order valence-electron chi connectivity index (χ4n) is 0.923. The van der Waals surface area contributed by atoms with Crippen LogP contribution in [-0.4, -0.2) is 11.5 Å². The number of nitrogens with one attached hydrogen (secondary N) is 1. The molecule has 0 atom stereocenters. The molecular formula is C10H11NO. The zero-order valence-electron chi connectivity index (χ0n) is 7.22. The van der Waals surface area contributed by atoms with Crippen LogP contribution in [-0.2, 0) is 4.79 Å². The molecule has 2 heteroatoms. The van der Waals surface area contributed by atoms with Crippen LogP contribution >= 0.6 is 0 Å². The molecule has 1 aromatic carbocycles. The molecule has 0 spiro atoms. The molecule has 0 aliphatic carbocycles. The molecule has 2 nitrogen and oxygen atoms in total. The number of carbonyl (C=O) groups excluding carboxylic acids is 1. The molecule has 1 N–H and O–H groups in total. The Morgan fingerprint density at radius 3 is 2.17 bits per heavy atom. The molecule has 0 fully saturated rings. The Morgan fingerprint density at radius 2 is 1.75 bits per heavy atom. The Kier molecular flexibility index (Phi) is 2.38. The molecule has 12 heavy (non-hydrogen) atoms. The molecule has 0 saturated heterocycles. The predicted octanol–water partition coefficient (Wildman–Crippen LogP) is 1.95. The van der Waals surface area contributed by atoms with Crippen LogP contribution in [0.25, 0.3) is 0 Å². The standard InChI is InChI=1S/C10H11NO/c1-7-3-5-9(6-4-7)10(11)8(2)12/h3-6,11H,1-2H3. The second-order valence-electron chi connectivity index (χ2n) is 2.80. The van der Waals surface area contributed by atoms with Gasteiger partial charge in [-0.3, -0.25) is 10.2 Å². The Morgan fingerprint density at radius 1 is 1.25 bits per heavy atom. The summed E-state index contributed by atoms with van der Waals surface area (Å²) in [5, 5.41) is 7.41. The van der Waals surface area contributed by atoms with Crippen LogP contribution in [0.15, 0.2) is 24.3 Å². The first kappa shape index (κ1) is 8.65. The molecule has 62 valence electrons. The van der Waals surface area contributed by atoms with Crippen LogP contribution in [0, 0.1) is 12.3 Å². The van der Waals surface area contributed by atoms with E-state index in [2.05, 4.69) is 0 Å². The van der Waals surface area contributed by atoms with E-state index in [1.165, 1.54) is 6.92 Å². The summed E-state index contributed by atoms with van der Waals surface area (Å²) >= 11 is 0.